The summed E-state index contributed by atoms with van der Waals surface area (Å²) < 4.78 is 5.39. The number of nitrogens with one attached hydrogen (secondary N) is 1. The van der Waals surface area contributed by atoms with Crippen LogP contribution in [0.15, 0.2) is 35.1 Å². The second-order valence-corrected chi connectivity index (χ2v) is 6.65. The second kappa shape index (κ2) is 8.96. The lowest BCUT2D eigenvalue weighted by molar-refractivity contribution is 0.285. The van der Waals surface area contributed by atoms with Crippen molar-refractivity contribution in [3.8, 4) is 11.3 Å². The summed E-state index contributed by atoms with van der Waals surface area (Å²) in [5, 5.41) is 9.09. The maximum atomic E-state index is 5.99. The summed E-state index contributed by atoms with van der Waals surface area (Å²) >= 11 is 5.99. The third-order valence-electron chi connectivity index (χ3n) is 4.19. The van der Waals surface area contributed by atoms with Gasteiger partial charge in [-0.05, 0) is 38.1 Å². The largest absolute Gasteiger partial charge is 0.368 e. The smallest absolute Gasteiger partial charge is 0.263 e. The van der Waals surface area contributed by atoms with E-state index in [1.165, 1.54) is 6.33 Å². The molecule has 0 radical (unpaired) electrons. The molecule has 7 heteroatoms. The van der Waals surface area contributed by atoms with Crippen LogP contribution in [0.3, 0.4) is 0 Å². The molecule has 0 saturated carbocycles. The lowest BCUT2D eigenvalue weighted by Gasteiger charge is -2.21. The minimum absolute atomic E-state index is 0.478. The van der Waals surface area contributed by atoms with E-state index in [-0.39, 0.29) is 0 Å². The molecule has 0 amide bonds. The molecule has 138 valence electrons. The Hall–Kier alpha value is -2.18. The monoisotopic (exact) mass is 373 g/mol. The zero-order valence-corrected chi connectivity index (χ0v) is 16.0. The van der Waals surface area contributed by atoms with Crippen LogP contribution in [0.1, 0.15) is 26.7 Å². The highest BCUT2D eigenvalue weighted by Gasteiger charge is 2.16. The Morgan fingerprint density at radius 1 is 1.04 bits per heavy atom. The Bertz CT molecular complexity index is 828. The van der Waals surface area contributed by atoms with E-state index in [0.717, 1.165) is 61.5 Å². The molecule has 0 unspecified atom stereocenters. The molecular formula is C19H24ClN5O. The van der Waals surface area contributed by atoms with Crippen molar-refractivity contribution >= 4 is 28.5 Å². The molecule has 1 N–H and O–H groups in total. The molecule has 26 heavy (non-hydrogen) atoms. The van der Waals surface area contributed by atoms with Gasteiger partial charge in [-0.2, -0.15) is 4.98 Å². The fraction of sp³-hybridized carbons (Fsp3) is 0.421. The Morgan fingerprint density at radius 3 is 2.46 bits per heavy atom. The molecule has 2 heterocycles. The summed E-state index contributed by atoms with van der Waals surface area (Å²) in [6.07, 6.45) is 3.81. The number of aromatic nitrogens is 3. The molecule has 6 nitrogen and oxygen atoms in total. The topological polar surface area (TPSA) is 67.1 Å². The van der Waals surface area contributed by atoms with Crippen LogP contribution in [-0.4, -0.2) is 46.2 Å². The summed E-state index contributed by atoms with van der Waals surface area (Å²) in [7, 11) is 0. The van der Waals surface area contributed by atoms with E-state index in [2.05, 4.69) is 39.2 Å². The maximum absolute atomic E-state index is 5.99. The predicted molar refractivity (Wildman–Crippen MR) is 106 cm³/mol. The summed E-state index contributed by atoms with van der Waals surface area (Å²) in [5.74, 6) is 0.745. The Kier molecular flexibility index (Phi) is 6.41. The molecule has 3 aromatic rings. The van der Waals surface area contributed by atoms with E-state index < -0.39 is 0 Å². The summed E-state index contributed by atoms with van der Waals surface area (Å²) in [6.45, 7) is 8.40. The van der Waals surface area contributed by atoms with E-state index >= 15 is 0 Å². The van der Waals surface area contributed by atoms with Gasteiger partial charge in [0.15, 0.2) is 0 Å². The van der Waals surface area contributed by atoms with Crippen LogP contribution in [0, 0.1) is 0 Å². The molecule has 0 atom stereocenters. The van der Waals surface area contributed by atoms with Crippen molar-refractivity contribution in [1.29, 1.82) is 0 Å². The standard InChI is InChI=1S/C19H24ClN5O/c1-3-10-25(11-4-2)12-9-21-18-16-17(14-5-7-15(20)8-6-14)24-26-19(16)23-13-22-18/h5-8,13H,3-4,9-12H2,1-2H3,(H,21,22,23). The van der Waals surface area contributed by atoms with E-state index in [9.17, 15) is 0 Å². The summed E-state index contributed by atoms with van der Waals surface area (Å²) in [6, 6.07) is 7.50. The van der Waals surface area contributed by atoms with Gasteiger partial charge in [-0.25, -0.2) is 4.98 Å². The van der Waals surface area contributed by atoms with Crippen molar-refractivity contribution in [3.05, 3.63) is 35.6 Å². The second-order valence-electron chi connectivity index (χ2n) is 6.21. The highest BCUT2D eigenvalue weighted by Crippen LogP contribution is 2.31. The number of rotatable bonds is 9. The number of hydrogen-bond donors (Lipinski definition) is 1. The zero-order chi connectivity index (χ0) is 18.4. The van der Waals surface area contributed by atoms with Crippen LogP contribution in [0.4, 0.5) is 5.82 Å². The summed E-state index contributed by atoms with van der Waals surface area (Å²) in [5.41, 5.74) is 2.12. The van der Waals surface area contributed by atoms with Crippen LogP contribution in [0.25, 0.3) is 22.4 Å². The van der Waals surface area contributed by atoms with Crippen LogP contribution in [-0.2, 0) is 0 Å². The van der Waals surface area contributed by atoms with Crippen LogP contribution < -0.4 is 5.32 Å². The molecule has 0 aliphatic carbocycles. The van der Waals surface area contributed by atoms with Gasteiger partial charge < -0.3 is 14.7 Å². The highest BCUT2D eigenvalue weighted by atomic mass is 35.5. The number of nitrogens with zero attached hydrogens (tertiary/aromatic N) is 4. The van der Waals surface area contributed by atoms with Gasteiger partial charge in [0.05, 0.1) is 0 Å². The minimum atomic E-state index is 0.478. The molecule has 0 aliphatic rings. The van der Waals surface area contributed by atoms with E-state index in [1.807, 2.05) is 24.3 Å². The molecule has 0 fully saturated rings. The third kappa shape index (κ3) is 4.31. The van der Waals surface area contributed by atoms with Gasteiger partial charge in [0.2, 0.25) is 0 Å². The number of anilines is 1. The Balaban J connectivity index is 1.80. The number of hydrogen-bond acceptors (Lipinski definition) is 6. The van der Waals surface area contributed by atoms with E-state index in [0.29, 0.717) is 10.7 Å². The van der Waals surface area contributed by atoms with Gasteiger partial charge in [0.1, 0.15) is 23.2 Å². The molecule has 3 rings (SSSR count). The first kappa shape index (κ1) is 18.6. The third-order valence-corrected chi connectivity index (χ3v) is 4.44. The van der Waals surface area contributed by atoms with Gasteiger partial charge >= 0.3 is 0 Å². The average Bonchev–Trinajstić information content (AvgIpc) is 3.08. The number of halogens is 1. The maximum Gasteiger partial charge on any atom is 0.263 e. The Morgan fingerprint density at radius 2 is 1.77 bits per heavy atom. The zero-order valence-electron chi connectivity index (χ0n) is 15.2. The van der Waals surface area contributed by atoms with E-state index in [1.54, 1.807) is 0 Å². The Labute approximate surface area is 158 Å². The lowest BCUT2D eigenvalue weighted by atomic mass is 10.1. The molecule has 1 aromatic carbocycles. The summed E-state index contributed by atoms with van der Waals surface area (Å²) in [4.78, 5) is 11.1. The van der Waals surface area contributed by atoms with Crippen molar-refractivity contribution in [2.75, 3.05) is 31.5 Å². The van der Waals surface area contributed by atoms with E-state index in [4.69, 9.17) is 16.1 Å². The molecule has 0 spiro atoms. The van der Waals surface area contributed by atoms with Crippen molar-refractivity contribution in [1.82, 2.24) is 20.0 Å². The molecule has 0 saturated heterocycles. The molecule has 0 aliphatic heterocycles. The quantitative estimate of drug-likeness (QED) is 0.596. The van der Waals surface area contributed by atoms with Gasteiger partial charge in [0, 0.05) is 23.7 Å². The van der Waals surface area contributed by atoms with Gasteiger partial charge in [-0.15, -0.1) is 0 Å². The SMILES string of the molecule is CCCN(CCC)CCNc1ncnc2onc(-c3ccc(Cl)cc3)c12. The van der Waals surface area contributed by atoms with Crippen LogP contribution in [0.2, 0.25) is 5.02 Å². The van der Waals surface area contributed by atoms with Gasteiger partial charge in [-0.1, -0.05) is 42.7 Å². The average molecular weight is 374 g/mol. The number of fused-ring (bicyclic) bond motifs is 1. The predicted octanol–water partition coefficient (Wildman–Crippen LogP) is 4.47. The first-order valence-electron chi connectivity index (χ1n) is 9.05. The van der Waals surface area contributed by atoms with Crippen molar-refractivity contribution in [2.24, 2.45) is 0 Å². The fourth-order valence-corrected chi connectivity index (χ4v) is 3.15. The lowest BCUT2D eigenvalue weighted by Crippen LogP contribution is -2.30. The first-order chi connectivity index (χ1) is 12.7. The van der Waals surface area contributed by atoms with Gasteiger partial charge in [-0.3, -0.25) is 0 Å². The normalized spacial score (nSPS) is 11.4. The fourth-order valence-electron chi connectivity index (χ4n) is 3.03. The van der Waals surface area contributed by atoms with Crippen molar-refractivity contribution < 1.29 is 4.52 Å². The van der Waals surface area contributed by atoms with Crippen molar-refractivity contribution in [2.45, 2.75) is 26.7 Å². The molecule has 0 bridgehead atoms. The number of benzene rings is 1. The van der Waals surface area contributed by atoms with Crippen LogP contribution >= 0.6 is 11.6 Å². The highest BCUT2D eigenvalue weighted by molar-refractivity contribution is 6.30. The first-order valence-corrected chi connectivity index (χ1v) is 9.43. The van der Waals surface area contributed by atoms with Crippen molar-refractivity contribution in [3.63, 3.8) is 0 Å². The molecular weight excluding hydrogens is 350 g/mol. The molecule has 2 aromatic heterocycles. The minimum Gasteiger partial charge on any atom is -0.368 e. The van der Waals surface area contributed by atoms with Crippen LogP contribution in [0.5, 0.6) is 0 Å². The van der Waals surface area contributed by atoms with Gasteiger partial charge in [0.25, 0.3) is 5.71 Å².